The van der Waals surface area contributed by atoms with Gasteiger partial charge in [0.2, 0.25) is 0 Å². The van der Waals surface area contributed by atoms with Crippen molar-refractivity contribution in [3.05, 3.63) is 54.1 Å². The molecule has 106 valence electrons. The molecule has 0 spiro atoms. The molecule has 0 saturated carbocycles. The zero-order valence-electron chi connectivity index (χ0n) is 12.1. The number of hydrogen-bond acceptors (Lipinski definition) is 3. The summed E-state index contributed by atoms with van der Waals surface area (Å²) in [4.78, 5) is 11.9. The summed E-state index contributed by atoms with van der Waals surface area (Å²) >= 11 is 0. The molecule has 0 radical (unpaired) electrons. The molecule has 1 amide bonds. The maximum Gasteiger partial charge on any atom is 0.257 e. The Morgan fingerprint density at radius 3 is 1.80 bits per heavy atom. The molecule has 4 heteroatoms. The molecule has 1 aliphatic heterocycles. The number of hydrogen-bond donors (Lipinski definition) is 3. The Kier molecular flexibility index (Phi) is 6.26. The minimum atomic E-state index is -0.0759. The van der Waals surface area contributed by atoms with Crippen LogP contribution in [-0.4, -0.2) is 13.0 Å². The lowest BCUT2D eigenvalue weighted by Crippen LogP contribution is -2.10. The van der Waals surface area contributed by atoms with Gasteiger partial charge < -0.3 is 16.4 Å². The molecule has 1 heterocycles. The van der Waals surface area contributed by atoms with Crippen LogP contribution in [0.3, 0.4) is 0 Å². The molecule has 0 bridgehead atoms. The van der Waals surface area contributed by atoms with E-state index < -0.39 is 0 Å². The van der Waals surface area contributed by atoms with Gasteiger partial charge in [0.25, 0.3) is 5.91 Å². The lowest BCUT2D eigenvalue weighted by atomic mass is 10.1. The van der Waals surface area contributed by atoms with E-state index in [4.69, 9.17) is 0 Å². The van der Waals surface area contributed by atoms with Crippen molar-refractivity contribution in [1.29, 1.82) is 0 Å². The molecule has 0 saturated heterocycles. The van der Waals surface area contributed by atoms with Gasteiger partial charge in [0.1, 0.15) is 0 Å². The molecule has 0 aliphatic carbocycles. The predicted molar refractivity (Wildman–Crippen MR) is 85.6 cm³/mol. The summed E-state index contributed by atoms with van der Waals surface area (Å²) in [5, 5.41) is 6.13. The average Bonchev–Trinajstić information content (AvgIpc) is 2.67. The average molecular weight is 271 g/mol. The molecule has 1 aliphatic rings. The Bertz CT molecular complexity index is 567. The fourth-order valence-corrected chi connectivity index (χ4v) is 1.83. The van der Waals surface area contributed by atoms with Gasteiger partial charge >= 0.3 is 0 Å². The monoisotopic (exact) mass is 271 g/mol. The summed E-state index contributed by atoms with van der Waals surface area (Å²) in [5.41, 5.74) is 7.73. The SMILES string of the molecule is CC.CN.O=C1Nc2ccccc2Nc2ccccc21. The number of nitrogens with two attached hydrogens (primary N) is 1. The van der Waals surface area contributed by atoms with Crippen molar-refractivity contribution < 1.29 is 4.79 Å². The molecule has 2 aromatic rings. The lowest BCUT2D eigenvalue weighted by Gasteiger charge is -2.07. The summed E-state index contributed by atoms with van der Waals surface area (Å²) in [6.45, 7) is 4.00. The fourth-order valence-electron chi connectivity index (χ4n) is 1.83. The van der Waals surface area contributed by atoms with E-state index in [1.54, 1.807) is 0 Å². The summed E-state index contributed by atoms with van der Waals surface area (Å²) < 4.78 is 0. The number of carbonyl (C=O) groups excluding carboxylic acids is 1. The molecule has 0 atom stereocenters. The standard InChI is InChI=1S/C13H10N2O.C2H6.CH5N/c16-13-9-5-1-2-6-10(9)14-11-7-3-4-8-12(11)15-13;2*1-2/h1-8,14H,(H,15,16);1-2H3;2H2,1H3. The van der Waals surface area contributed by atoms with Crippen LogP contribution in [-0.2, 0) is 0 Å². The first-order valence-corrected chi connectivity index (χ1v) is 6.69. The third kappa shape index (κ3) is 3.36. The van der Waals surface area contributed by atoms with E-state index in [-0.39, 0.29) is 5.91 Å². The minimum Gasteiger partial charge on any atom is -0.353 e. The number of amides is 1. The van der Waals surface area contributed by atoms with Crippen LogP contribution in [0.2, 0.25) is 0 Å². The Hall–Kier alpha value is -2.33. The number of nitrogens with one attached hydrogen (secondary N) is 2. The lowest BCUT2D eigenvalue weighted by molar-refractivity contribution is 0.102. The number of fused-ring (bicyclic) bond motifs is 2. The molecule has 0 unspecified atom stereocenters. The van der Waals surface area contributed by atoms with E-state index in [1.165, 1.54) is 7.05 Å². The smallest absolute Gasteiger partial charge is 0.257 e. The molecule has 4 N–H and O–H groups in total. The molecule has 2 aromatic carbocycles. The van der Waals surface area contributed by atoms with E-state index in [2.05, 4.69) is 16.4 Å². The Morgan fingerprint density at radius 1 is 0.750 bits per heavy atom. The number of benzene rings is 2. The van der Waals surface area contributed by atoms with Crippen molar-refractivity contribution in [2.75, 3.05) is 17.7 Å². The molecule has 0 aromatic heterocycles. The Labute approximate surface area is 120 Å². The van der Waals surface area contributed by atoms with Crippen LogP contribution < -0.4 is 16.4 Å². The first-order chi connectivity index (χ1) is 9.84. The van der Waals surface area contributed by atoms with E-state index in [0.717, 1.165) is 17.1 Å². The number of rotatable bonds is 0. The Morgan fingerprint density at radius 2 is 1.20 bits per heavy atom. The Balaban J connectivity index is 0.000000461. The highest BCUT2D eigenvalue weighted by atomic mass is 16.1. The second kappa shape index (κ2) is 7.96. The van der Waals surface area contributed by atoms with Gasteiger partial charge in [-0.05, 0) is 31.3 Å². The topological polar surface area (TPSA) is 67.2 Å². The highest BCUT2D eigenvalue weighted by Gasteiger charge is 2.17. The summed E-state index contributed by atoms with van der Waals surface area (Å²) in [5.74, 6) is -0.0759. The number of anilines is 3. The van der Waals surface area contributed by atoms with Crippen LogP contribution in [0.5, 0.6) is 0 Å². The first kappa shape index (κ1) is 15.7. The molecular weight excluding hydrogens is 250 g/mol. The normalized spacial score (nSPS) is 10.9. The van der Waals surface area contributed by atoms with Gasteiger partial charge in [-0.1, -0.05) is 38.1 Å². The second-order valence-corrected chi connectivity index (χ2v) is 3.67. The number of para-hydroxylation sites is 3. The maximum atomic E-state index is 11.9. The number of carbonyl (C=O) groups is 1. The highest BCUT2D eigenvalue weighted by Crippen LogP contribution is 2.31. The second-order valence-electron chi connectivity index (χ2n) is 3.67. The van der Waals surface area contributed by atoms with Gasteiger partial charge in [0, 0.05) is 0 Å². The van der Waals surface area contributed by atoms with E-state index >= 15 is 0 Å². The van der Waals surface area contributed by atoms with Crippen molar-refractivity contribution >= 4 is 23.0 Å². The predicted octanol–water partition coefficient (Wildman–Crippen LogP) is 3.60. The minimum absolute atomic E-state index is 0.0759. The maximum absolute atomic E-state index is 11.9. The van der Waals surface area contributed by atoms with Gasteiger partial charge in [-0.2, -0.15) is 0 Å². The van der Waals surface area contributed by atoms with Crippen LogP contribution in [0.4, 0.5) is 17.1 Å². The van der Waals surface area contributed by atoms with Crippen LogP contribution in [0, 0.1) is 0 Å². The molecule has 4 nitrogen and oxygen atoms in total. The summed E-state index contributed by atoms with van der Waals surface area (Å²) in [6, 6.07) is 15.1. The molecule has 0 fully saturated rings. The summed E-state index contributed by atoms with van der Waals surface area (Å²) in [6.07, 6.45) is 0. The largest absolute Gasteiger partial charge is 0.353 e. The van der Waals surface area contributed by atoms with Crippen LogP contribution in [0.25, 0.3) is 0 Å². The third-order valence-electron chi connectivity index (χ3n) is 2.62. The van der Waals surface area contributed by atoms with Gasteiger partial charge in [0.15, 0.2) is 0 Å². The quantitative estimate of drug-likeness (QED) is 0.686. The van der Waals surface area contributed by atoms with Gasteiger partial charge in [-0.3, -0.25) is 4.79 Å². The highest BCUT2D eigenvalue weighted by molar-refractivity contribution is 6.11. The van der Waals surface area contributed by atoms with Crippen LogP contribution in [0.15, 0.2) is 48.5 Å². The van der Waals surface area contributed by atoms with Gasteiger partial charge in [-0.25, -0.2) is 0 Å². The van der Waals surface area contributed by atoms with Gasteiger partial charge in [-0.15, -0.1) is 0 Å². The van der Waals surface area contributed by atoms with E-state index in [1.807, 2.05) is 62.4 Å². The molecular formula is C16H21N3O. The zero-order chi connectivity index (χ0) is 15.0. The van der Waals surface area contributed by atoms with Crippen LogP contribution >= 0.6 is 0 Å². The fraction of sp³-hybridized carbons (Fsp3) is 0.188. The van der Waals surface area contributed by atoms with E-state index in [9.17, 15) is 4.79 Å². The van der Waals surface area contributed by atoms with Crippen molar-refractivity contribution in [3.63, 3.8) is 0 Å². The van der Waals surface area contributed by atoms with Gasteiger partial charge in [0.05, 0.1) is 22.6 Å². The molecule has 3 rings (SSSR count). The zero-order valence-corrected chi connectivity index (χ0v) is 12.1. The van der Waals surface area contributed by atoms with Crippen molar-refractivity contribution in [2.45, 2.75) is 13.8 Å². The third-order valence-corrected chi connectivity index (χ3v) is 2.62. The van der Waals surface area contributed by atoms with E-state index in [0.29, 0.717) is 5.56 Å². The van der Waals surface area contributed by atoms with Crippen molar-refractivity contribution in [1.82, 2.24) is 0 Å². The first-order valence-electron chi connectivity index (χ1n) is 6.69. The van der Waals surface area contributed by atoms with Crippen molar-refractivity contribution in [2.24, 2.45) is 5.73 Å². The van der Waals surface area contributed by atoms with Crippen molar-refractivity contribution in [3.8, 4) is 0 Å². The van der Waals surface area contributed by atoms with Crippen LogP contribution in [0.1, 0.15) is 24.2 Å². The summed E-state index contributed by atoms with van der Waals surface area (Å²) in [7, 11) is 1.50. The molecule has 20 heavy (non-hydrogen) atoms.